The molecule has 3 rings (SSSR count). The van der Waals surface area contributed by atoms with E-state index >= 15 is 0 Å². The molecule has 1 N–H and O–H groups in total. The molecule has 2 aromatic carbocycles. The molecule has 5 heteroatoms. The number of aldehydes is 1. The Hall–Kier alpha value is -2.84. The zero-order chi connectivity index (χ0) is 21.5. The summed E-state index contributed by atoms with van der Waals surface area (Å²) in [6.07, 6.45) is 2.45. The molecule has 0 saturated carbocycles. The van der Waals surface area contributed by atoms with Crippen LogP contribution < -0.4 is 10.2 Å². The van der Waals surface area contributed by atoms with Crippen LogP contribution in [0.2, 0.25) is 0 Å². The molecule has 1 heterocycles. The minimum Gasteiger partial charge on any atom is -0.377 e. The predicted molar refractivity (Wildman–Crippen MR) is 121 cm³/mol. The topological polar surface area (TPSA) is 65.4 Å². The van der Waals surface area contributed by atoms with Gasteiger partial charge in [0.15, 0.2) is 0 Å². The Balaban J connectivity index is 2.01. The van der Waals surface area contributed by atoms with Gasteiger partial charge in [-0.25, -0.2) is 0 Å². The average molecular weight is 406 g/mol. The molecule has 158 valence electrons. The van der Waals surface area contributed by atoms with Gasteiger partial charge in [0.2, 0.25) is 0 Å². The summed E-state index contributed by atoms with van der Waals surface area (Å²) in [5.41, 5.74) is 4.91. The summed E-state index contributed by atoms with van der Waals surface area (Å²) in [7, 11) is 0. The van der Waals surface area contributed by atoms with Crippen LogP contribution in [-0.4, -0.2) is 32.1 Å². The van der Waals surface area contributed by atoms with E-state index in [-0.39, 0.29) is 5.92 Å². The average Bonchev–Trinajstić information content (AvgIpc) is 2.78. The molecule has 30 heavy (non-hydrogen) atoms. The van der Waals surface area contributed by atoms with Gasteiger partial charge in [-0.3, -0.25) is 0 Å². The molecule has 2 atom stereocenters. The number of morpholine rings is 1. The van der Waals surface area contributed by atoms with Crippen molar-refractivity contribution in [2.45, 2.75) is 45.6 Å². The van der Waals surface area contributed by atoms with Crippen molar-refractivity contribution in [3.63, 3.8) is 0 Å². The molecule has 0 aliphatic carbocycles. The number of hydrogen-bond acceptors (Lipinski definition) is 5. The number of carbonyl (C=O) groups is 1. The SMILES string of the molecule is CCC(CC=O)c1ccc(N2CCOCC2C(C)C)c(Nc2ccc(C#N)cc2)c1. The van der Waals surface area contributed by atoms with E-state index in [0.29, 0.717) is 30.6 Å². The van der Waals surface area contributed by atoms with E-state index in [1.807, 2.05) is 24.3 Å². The van der Waals surface area contributed by atoms with E-state index in [9.17, 15) is 4.79 Å². The van der Waals surface area contributed by atoms with Crippen molar-refractivity contribution in [1.29, 1.82) is 5.26 Å². The van der Waals surface area contributed by atoms with Crippen molar-refractivity contribution in [3.8, 4) is 6.07 Å². The third-order valence-electron chi connectivity index (χ3n) is 5.90. The van der Waals surface area contributed by atoms with Crippen LogP contribution >= 0.6 is 0 Å². The van der Waals surface area contributed by atoms with Crippen molar-refractivity contribution >= 4 is 23.3 Å². The molecule has 1 aliphatic heterocycles. The second-order valence-corrected chi connectivity index (χ2v) is 8.18. The van der Waals surface area contributed by atoms with Crippen molar-refractivity contribution in [3.05, 3.63) is 53.6 Å². The highest BCUT2D eigenvalue weighted by Gasteiger charge is 2.28. The fourth-order valence-corrected chi connectivity index (χ4v) is 4.07. The van der Waals surface area contributed by atoms with Crippen LogP contribution in [0.4, 0.5) is 17.1 Å². The van der Waals surface area contributed by atoms with E-state index in [2.05, 4.69) is 55.3 Å². The maximum absolute atomic E-state index is 11.2. The first kappa shape index (κ1) is 21.9. The number of nitriles is 1. The third-order valence-corrected chi connectivity index (χ3v) is 5.90. The smallest absolute Gasteiger partial charge is 0.120 e. The predicted octanol–water partition coefficient (Wildman–Crippen LogP) is 5.25. The molecule has 1 aliphatic rings. The van der Waals surface area contributed by atoms with E-state index in [1.165, 1.54) is 5.56 Å². The highest BCUT2D eigenvalue weighted by atomic mass is 16.5. The van der Waals surface area contributed by atoms with Gasteiger partial charge in [-0.05, 0) is 60.2 Å². The van der Waals surface area contributed by atoms with Gasteiger partial charge in [-0.2, -0.15) is 5.26 Å². The summed E-state index contributed by atoms with van der Waals surface area (Å²) in [6.45, 7) is 8.85. The number of benzene rings is 2. The molecule has 0 radical (unpaired) electrons. The Kier molecular flexibility index (Phi) is 7.48. The Morgan fingerprint density at radius 1 is 1.27 bits per heavy atom. The van der Waals surface area contributed by atoms with Crippen LogP contribution in [0, 0.1) is 17.2 Å². The second-order valence-electron chi connectivity index (χ2n) is 8.18. The van der Waals surface area contributed by atoms with Crippen molar-refractivity contribution < 1.29 is 9.53 Å². The normalized spacial score (nSPS) is 17.4. The van der Waals surface area contributed by atoms with Crippen LogP contribution in [0.25, 0.3) is 0 Å². The van der Waals surface area contributed by atoms with Gasteiger partial charge in [-0.1, -0.05) is 26.8 Å². The van der Waals surface area contributed by atoms with Crippen LogP contribution in [0.3, 0.4) is 0 Å². The van der Waals surface area contributed by atoms with Crippen LogP contribution in [0.1, 0.15) is 50.7 Å². The van der Waals surface area contributed by atoms with E-state index in [4.69, 9.17) is 10.00 Å². The standard InChI is InChI=1S/C25H31N3O2/c1-4-20(11-13-29)21-7-10-24(28-12-14-30-17-25(28)18(2)3)23(15-21)27-22-8-5-19(16-26)6-9-22/h5-10,13,15,18,20,25,27H,4,11-12,14,17H2,1-3H3. The zero-order valence-corrected chi connectivity index (χ0v) is 18.1. The highest BCUT2D eigenvalue weighted by Crippen LogP contribution is 2.36. The van der Waals surface area contributed by atoms with Gasteiger partial charge in [0.25, 0.3) is 0 Å². The Labute approximate surface area is 179 Å². The number of hydrogen-bond donors (Lipinski definition) is 1. The summed E-state index contributed by atoms with van der Waals surface area (Å²) in [6, 6.07) is 16.5. The molecular weight excluding hydrogens is 374 g/mol. The van der Waals surface area contributed by atoms with Crippen LogP contribution in [-0.2, 0) is 9.53 Å². The van der Waals surface area contributed by atoms with Crippen molar-refractivity contribution in [2.75, 3.05) is 30.0 Å². The molecule has 0 aromatic heterocycles. The lowest BCUT2D eigenvalue weighted by Gasteiger charge is -2.40. The molecule has 0 spiro atoms. The third kappa shape index (κ3) is 5.01. The molecular formula is C25H31N3O2. The van der Waals surface area contributed by atoms with E-state index in [1.54, 1.807) is 0 Å². The lowest BCUT2D eigenvalue weighted by atomic mass is 9.92. The lowest BCUT2D eigenvalue weighted by molar-refractivity contribution is -0.108. The zero-order valence-electron chi connectivity index (χ0n) is 18.1. The van der Waals surface area contributed by atoms with Gasteiger partial charge in [0.05, 0.1) is 42.3 Å². The highest BCUT2D eigenvalue weighted by molar-refractivity contribution is 5.77. The maximum Gasteiger partial charge on any atom is 0.120 e. The first-order valence-electron chi connectivity index (χ1n) is 10.8. The second kappa shape index (κ2) is 10.3. The lowest BCUT2D eigenvalue weighted by Crippen LogP contribution is -2.48. The van der Waals surface area contributed by atoms with Gasteiger partial charge >= 0.3 is 0 Å². The molecule has 0 bridgehead atoms. The summed E-state index contributed by atoms with van der Waals surface area (Å²) >= 11 is 0. The van der Waals surface area contributed by atoms with Crippen LogP contribution in [0.5, 0.6) is 0 Å². The van der Waals surface area contributed by atoms with Gasteiger partial charge in [0, 0.05) is 18.7 Å². The number of ether oxygens (including phenoxy) is 1. The van der Waals surface area contributed by atoms with Gasteiger partial charge in [-0.15, -0.1) is 0 Å². The maximum atomic E-state index is 11.2. The van der Waals surface area contributed by atoms with E-state index in [0.717, 1.165) is 42.9 Å². The summed E-state index contributed by atoms with van der Waals surface area (Å²) in [5.74, 6) is 0.676. The minimum atomic E-state index is 0.212. The molecule has 1 fully saturated rings. The number of anilines is 3. The molecule has 2 aromatic rings. The number of nitrogens with zero attached hydrogens (tertiary/aromatic N) is 2. The van der Waals surface area contributed by atoms with E-state index < -0.39 is 0 Å². The van der Waals surface area contributed by atoms with Crippen molar-refractivity contribution in [2.24, 2.45) is 5.92 Å². The van der Waals surface area contributed by atoms with Crippen molar-refractivity contribution in [1.82, 2.24) is 0 Å². The monoisotopic (exact) mass is 405 g/mol. The first-order valence-corrected chi connectivity index (χ1v) is 10.8. The molecule has 1 saturated heterocycles. The fraction of sp³-hybridized carbons (Fsp3) is 0.440. The fourth-order valence-electron chi connectivity index (χ4n) is 4.07. The Morgan fingerprint density at radius 3 is 2.67 bits per heavy atom. The number of carbonyl (C=O) groups excluding carboxylic acids is 1. The Morgan fingerprint density at radius 2 is 2.03 bits per heavy atom. The van der Waals surface area contributed by atoms with Crippen LogP contribution in [0.15, 0.2) is 42.5 Å². The Bertz CT molecular complexity index is 886. The first-order chi connectivity index (χ1) is 14.6. The molecule has 5 nitrogen and oxygen atoms in total. The molecule has 2 unspecified atom stereocenters. The summed E-state index contributed by atoms with van der Waals surface area (Å²) < 4.78 is 5.76. The van der Waals surface area contributed by atoms with Gasteiger partial charge < -0.3 is 19.7 Å². The quantitative estimate of drug-likeness (QED) is 0.608. The summed E-state index contributed by atoms with van der Waals surface area (Å²) in [4.78, 5) is 13.6. The largest absolute Gasteiger partial charge is 0.377 e. The number of rotatable bonds is 8. The minimum absolute atomic E-state index is 0.212. The summed E-state index contributed by atoms with van der Waals surface area (Å²) in [5, 5.41) is 12.6. The van der Waals surface area contributed by atoms with Gasteiger partial charge in [0.1, 0.15) is 6.29 Å². The number of nitrogens with one attached hydrogen (secondary N) is 1. The molecule has 0 amide bonds.